The standard InChI is InChI=1S/C17H16N6O/c18-17(24)15-11-22-13(7-14-9-19-5-6-21-14)8-16(15)23-10-12-3-1-2-4-20-12/h1-6,8-9,11H,7,10H2,(H2,18,24)(H,22,23). The Morgan fingerprint density at radius 2 is 1.88 bits per heavy atom. The third-order valence-corrected chi connectivity index (χ3v) is 3.39. The van der Waals surface area contributed by atoms with Gasteiger partial charge in [-0.2, -0.15) is 0 Å². The molecule has 1 amide bonds. The SMILES string of the molecule is NC(=O)c1cnc(Cc2cnccn2)cc1NCc1ccccn1. The number of anilines is 1. The summed E-state index contributed by atoms with van der Waals surface area (Å²) >= 11 is 0. The topological polar surface area (TPSA) is 107 Å². The van der Waals surface area contributed by atoms with E-state index >= 15 is 0 Å². The monoisotopic (exact) mass is 320 g/mol. The number of hydrogen-bond donors (Lipinski definition) is 2. The number of amides is 1. The highest BCUT2D eigenvalue weighted by atomic mass is 16.1. The van der Waals surface area contributed by atoms with Gasteiger partial charge in [-0.3, -0.25) is 24.7 Å². The minimum atomic E-state index is -0.530. The molecule has 7 heteroatoms. The Morgan fingerprint density at radius 1 is 1.00 bits per heavy atom. The summed E-state index contributed by atoms with van der Waals surface area (Å²) in [5.74, 6) is -0.530. The molecule has 0 aliphatic rings. The number of rotatable bonds is 6. The first kappa shape index (κ1) is 15.5. The molecule has 0 aromatic carbocycles. The van der Waals surface area contributed by atoms with Crippen LogP contribution in [0.3, 0.4) is 0 Å². The van der Waals surface area contributed by atoms with Gasteiger partial charge in [0.05, 0.1) is 29.2 Å². The third kappa shape index (κ3) is 3.89. The molecule has 0 saturated carbocycles. The maximum atomic E-state index is 11.6. The zero-order valence-electron chi connectivity index (χ0n) is 12.9. The van der Waals surface area contributed by atoms with Gasteiger partial charge >= 0.3 is 0 Å². The van der Waals surface area contributed by atoms with Crippen molar-refractivity contribution in [2.45, 2.75) is 13.0 Å². The van der Waals surface area contributed by atoms with Crippen molar-refractivity contribution in [3.8, 4) is 0 Å². The number of nitrogens with two attached hydrogens (primary N) is 1. The molecule has 0 spiro atoms. The zero-order valence-corrected chi connectivity index (χ0v) is 12.9. The lowest BCUT2D eigenvalue weighted by Gasteiger charge is -2.11. The number of primary amides is 1. The van der Waals surface area contributed by atoms with E-state index in [1.807, 2.05) is 18.2 Å². The molecule has 0 atom stereocenters. The van der Waals surface area contributed by atoms with E-state index in [9.17, 15) is 4.79 Å². The van der Waals surface area contributed by atoms with Gasteiger partial charge in [-0.1, -0.05) is 6.07 Å². The smallest absolute Gasteiger partial charge is 0.252 e. The highest BCUT2D eigenvalue weighted by molar-refractivity contribution is 5.98. The van der Waals surface area contributed by atoms with Crippen LogP contribution in [-0.2, 0) is 13.0 Å². The molecule has 0 radical (unpaired) electrons. The van der Waals surface area contributed by atoms with Crippen LogP contribution in [-0.4, -0.2) is 25.8 Å². The Bertz CT molecular complexity index is 823. The van der Waals surface area contributed by atoms with Gasteiger partial charge in [-0.25, -0.2) is 0 Å². The lowest BCUT2D eigenvalue weighted by molar-refractivity contribution is 0.100. The van der Waals surface area contributed by atoms with Gasteiger partial charge in [-0.05, 0) is 18.2 Å². The molecule has 24 heavy (non-hydrogen) atoms. The van der Waals surface area contributed by atoms with E-state index in [0.717, 1.165) is 17.1 Å². The summed E-state index contributed by atoms with van der Waals surface area (Å²) in [4.78, 5) is 28.4. The first-order valence-electron chi connectivity index (χ1n) is 7.40. The van der Waals surface area contributed by atoms with Gasteiger partial charge in [0.2, 0.25) is 0 Å². The highest BCUT2D eigenvalue weighted by Crippen LogP contribution is 2.18. The normalized spacial score (nSPS) is 10.3. The molecule has 0 unspecified atom stereocenters. The van der Waals surface area contributed by atoms with Crippen molar-refractivity contribution in [2.24, 2.45) is 5.73 Å². The van der Waals surface area contributed by atoms with Gasteiger partial charge in [0.15, 0.2) is 0 Å². The number of aromatic nitrogens is 4. The predicted molar refractivity (Wildman–Crippen MR) is 89.2 cm³/mol. The van der Waals surface area contributed by atoms with Crippen LogP contribution in [0.5, 0.6) is 0 Å². The van der Waals surface area contributed by atoms with Crippen LogP contribution in [0.4, 0.5) is 5.69 Å². The molecular weight excluding hydrogens is 304 g/mol. The molecule has 3 aromatic rings. The zero-order chi connectivity index (χ0) is 16.8. The molecular formula is C17H16N6O. The molecule has 0 saturated heterocycles. The Labute approximate surface area is 139 Å². The maximum Gasteiger partial charge on any atom is 0.252 e. The summed E-state index contributed by atoms with van der Waals surface area (Å²) in [6, 6.07) is 7.46. The predicted octanol–water partition coefficient (Wildman–Crippen LogP) is 1.57. The van der Waals surface area contributed by atoms with Gasteiger partial charge in [-0.15, -0.1) is 0 Å². The fourth-order valence-electron chi connectivity index (χ4n) is 2.23. The number of carbonyl (C=O) groups excluding carboxylic acids is 1. The van der Waals surface area contributed by atoms with Gasteiger partial charge in [0.1, 0.15) is 0 Å². The number of nitrogens with zero attached hydrogens (tertiary/aromatic N) is 4. The van der Waals surface area contributed by atoms with Crippen LogP contribution in [0.15, 0.2) is 55.2 Å². The fourth-order valence-corrected chi connectivity index (χ4v) is 2.23. The van der Waals surface area contributed by atoms with Crippen LogP contribution in [0, 0.1) is 0 Å². The molecule has 3 N–H and O–H groups in total. The molecule has 0 aliphatic carbocycles. The third-order valence-electron chi connectivity index (χ3n) is 3.39. The second-order valence-corrected chi connectivity index (χ2v) is 5.13. The van der Waals surface area contributed by atoms with E-state index in [2.05, 4.69) is 25.3 Å². The van der Waals surface area contributed by atoms with Crippen molar-refractivity contribution >= 4 is 11.6 Å². The highest BCUT2D eigenvalue weighted by Gasteiger charge is 2.11. The molecule has 7 nitrogen and oxygen atoms in total. The Balaban J connectivity index is 1.82. The first-order chi connectivity index (χ1) is 11.7. The van der Waals surface area contributed by atoms with Crippen molar-refractivity contribution in [2.75, 3.05) is 5.32 Å². The van der Waals surface area contributed by atoms with E-state index in [4.69, 9.17) is 5.73 Å². The summed E-state index contributed by atoms with van der Waals surface area (Å²) in [7, 11) is 0. The number of carbonyl (C=O) groups is 1. The largest absolute Gasteiger partial charge is 0.379 e. The van der Waals surface area contributed by atoms with Crippen molar-refractivity contribution in [1.82, 2.24) is 19.9 Å². The minimum Gasteiger partial charge on any atom is -0.379 e. The van der Waals surface area contributed by atoms with Crippen molar-refractivity contribution in [3.63, 3.8) is 0 Å². The second-order valence-electron chi connectivity index (χ2n) is 5.13. The second kappa shape index (κ2) is 7.28. The molecule has 3 heterocycles. The minimum absolute atomic E-state index is 0.342. The summed E-state index contributed by atoms with van der Waals surface area (Å²) in [5, 5.41) is 3.20. The molecule has 0 bridgehead atoms. The summed E-state index contributed by atoms with van der Waals surface area (Å²) in [6.07, 6.45) is 8.66. The molecule has 3 rings (SSSR count). The van der Waals surface area contributed by atoms with Crippen LogP contribution >= 0.6 is 0 Å². The molecule has 0 aliphatic heterocycles. The molecule has 0 fully saturated rings. The van der Waals surface area contributed by atoms with E-state index in [0.29, 0.717) is 24.2 Å². The summed E-state index contributed by atoms with van der Waals surface area (Å²) in [5.41, 5.74) is 8.83. The quantitative estimate of drug-likeness (QED) is 0.714. The Kier molecular flexibility index (Phi) is 4.71. The van der Waals surface area contributed by atoms with E-state index < -0.39 is 5.91 Å². The molecule has 3 aromatic heterocycles. The van der Waals surface area contributed by atoms with Crippen molar-refractivity contribution < 1.29 is 4.79 Å². The van der Waals surface area contributed by atoms with Crippen LogP contribution in [0.1, 0.15) is 27.4 Å². The lowest BCUT2D eigenvalue weighted by atomic mass is 10.1. The Hall–Kier alpha value is -3.35. The first-order valence-corrected chi connectivity index (χ1v) is 7.40. The average Bonchev–Trinajstić information content (AvgIpc) is 2.61. The average molecular weight is 320 g/mol. The van der Waals surface area contributed by atoms with Crippen LogP contribution in [0.2, 0.25) is 0 Å². The van der Waals surface area contributed by atoms with Crippen LogP contribution < -0.4 is 11.1 Å². The van der Waals surface area contributed by atoms with Gasteiger partial charge in [0, 0.05) is 43.1 Å². The number of nitrogens with one attached hydrogen (secondary N) is 1. The van der Waals surface area contributed by atoms with Gasteiger partial charge in [0.25, 0.3) is 5.91 Å². The summed E-state index contributed by atoms with van der Waals surface area (Å²) in [6.45, 7) is 0.482. The van der Waals surface area contributed by atoms with Crippen molar-refractivity contribution in [1.29, 1.82) is 0 Å². The maximum absolute atomic E-state index is 11.6. The Morgan fingerprint density at radius 3 is 2.58 bits per heavy atom. The van der Waals surface area contributed by atoms with E-state index in [1.54, 1.807) is 30.9 Å². The van der Waals surface area contributed by atoms with E-state index in [1.165, 1.54) is 6.20 Å². The summed E-state index contributed by atoms with van der Waals surface area (Å²) < 4.78 is 0. The van der Waals surface area contributed by atoms with Crippen molar-refractivity contribution in [3.05, 3.63) is 77.9 Å². The van der Waals surface area contributed by atoms with Gasteiger partial charge < -0.3 is 11.1 Å². The fraction of sp³-hybridized carbons (Fsp3) is 0.118. The lowest BCUT2D eigenvalue weighted by Crippen LogP contribution is -2.16. The number of pyridine rings is 2. The van der Waals surface area contributed by atoms with Crippen LogP contribution in [0.25, 0.3) is 0 Å². The van der Waals surface area contributed by atoms with E-state index in [-0.39, 0.29) is 0 Å². The molecule has 120 valence electrons. The number of hydrogen-bond acceptors (Lipinski definition) is 6.